The van der Waals surface area contributed by atoms with Gasteiger partial charge >= 0.3 is 12.1 Å². The zero-order chi connectivity index (χ0) is 22.3. The highest BCUT2D eigenvalue weighted by molar-refractivity contribution is 7.90. The molecule has 0 bridgehead atoms. The average Bonchev–Trinajstić information content (AvgIpc) is 3.27. The molecule has 0 aliphatic carbocycles. The first-order valence-electron chi connectivity index (χ1n) is 9.16. The van der Waals surface area contributed by atoms with Gasteiger partial charge in [-0.2, -0.15) is 0 Å². The minimum Gasteiger partial charge on any atom is -0.464 e. The number of esters is 1. The number of benzene rings is 2. The Bertz CT molecular complexity index is 1190. The molecule has 0 fully saturated rings. The molecular weight excluding hydrogens is 420 g/mol. The molecule has 0 atom stereocenters. The highest BCUT2D eigenvalue weighted by atomic mass is 32.2. The zero-order valence-corrected chi connectivity index (χ0v) is 17.4. The Kier molecular flexibility index (Phi) is 6.88. The van der Waals surface area contributed by atoms with Crippen LogP contribution in [0.2, 0.25) is 0 Å². The maximum atomic E-state index is 12.7. The quantitative estimate of drug-likeness (QED) is 0.447. The van der Waals surface area contributed by atoms with Crippen molar-refractivity contribution >= 4 is 28.2 Å². The fourth-order valence-electron chi connectivity index (χ4n) is 2.63. The van der Waals surface area contributed by atoms with Crippen LogP contribution in [0.1, 0.15) is 11.1 Å². The summed E-state index contributed by atoms with van der Waals surface area (Å²) in [5.74, 6) is -0.810. The van der Waals surface area contributed by atoms with E-state index in [1.54, 1.807) is 30.3 Å². The second-order valence-corrected chi connectivity index (χ2v) is 8.17. The van der Waals surface area contributed by atoms with E-state index in [1.807, 2.05) is 18.2 Å². The third-order valence-electron chi connectivity index (χ3n) is 4.17. The largest absolute Gasteiger partial charge is 0.464 e. The molecule has 1 amide bonds. The minimum atomic E-state index is -3.78. The van der Waals surface area contributed by atoms with Crippen LogP contribution in [-0.4, -0.2) is 31.6 Å². The molecule has 160 valence electrons. The van der Waals surface area contributed by atoms with Gasteiger partial charge in [0.15, 0.2) is 0 Å². The van der Waals surface area contributed by atoms with Crippen molar-refractivity contribution in [3.63, 3.8) is 0 Å². The Labute approximate surface area is 179 Å². The van der Waals surface area contributed by atoms with Gasteiger partial charge in [-0.1, -0.05) is 48.5 Å². The predicted octanol–water partition coefficient (Wildman–Crippen LogP) is 3.17. The SMILES string of the molecule is COC(=O)/C(=C\c1ccn(S(=O)(=O)c2ccccc2)c1)NC(=O)OCc1ccccc1. The zero-order valence-electron chi connectivity index (χ0n) is 16.6. The topological polar surface area (TPSA) is 104 Å². The number of ether oxygens (including phenoxy) is 2. The highest BCUT2D eigenvalue weighted by Crippen LogP contribution is 2.16. The third kappa shape index (κ3) is 5.61. The number of nitrogens with zero attached hydrogens (tertiary/aromatic N) is 1. The number of methoxy groups -OCH3 is 1. The van der Waals surface area contributed by atoms with Gasteiger partial charge in [0, 0.05) is 12.4 Å². The van der Waals surface area contributed by atoms with E-state index in [2.05, 4.69) is 10.1 Å². The van der Waals surface area contributed by atoms with E-state index in [-0.39, 0.29) is 17.2 Å². The summed E-state index contributed by atoms with van der Waals surface area (Å²) in [6, 6.07) is 18.5. The number of aromatic nitrogens is 1. The van der Waals surface area contributed by atoms with Gasteiger partial charge in [-0.3, -0.25) is 5.32 Å². The lowest BCUT2D eigenvalue weighted by atomic mass is 10.2. The summed E-state index contributed by atoms with van der Waals surface area (Å²) in [6.45, 7) is 0.0207. The molecule has 3 rings (SSSR count). The maximum absolute atomic E-state index is 12.7. The van der Waals surface area contributed by atoms with Gasteiger partial charge in [-0.25, -0.2) is 22.0 Å². The van der Waals surface area contributed by atoms with Crippen LogP contribution in [0.5, 0.6) is 0 Å². The summed E-state index contributed by atoms with van der Waals surface area (Å²) >= 11 is 0. The van der Waals surface area contributed by atoms with Crippen LogP contribution >= 0.6 is 0 Å². The fraction of sp³-hybridized carbons (Fsp3) is 0.0909. The van der Waals surface area contributed by atoms with Crippen LogP contribution in [0, 0.1) is 0 Å². The van der Waals surface area contributed by atoms with Gasteiger partial charge in [0.1, 0.15) is 12.3 Å². The Morgan fingerprint density at radius 3 is 2.29 bits per heavy atom. The van der Waals surface area contributed by atoms with Crippen LogP contribution in [0.4, 0.5) is 4.79 Å². The molecule has 0 saturated heterocycles. The van der Waals surface area contributed by atoms with E-state index < -0.39 is 22.1 Å². The van der Waals surface area contributed by atoms with Crippen molar-refractivity contribution in [2.24, 2.45) is 0 Å². The van der Waals surface area contributed by atoms with Crippen LogP contribution in [0.15, 0.2) is 89.7 Å². The first kappa shape index (κ1) is 21.8. The number of nitrogens with one attached hydrogen (secondary N) is 1. The van der Waals surface area contributed by atoms with Gasteiger partial charge in [0.05, 0.1) is 12.0 Å². The van der Waals surface area contributed by atoms with Crippen molar-refractivity contribution < 1.29 is 27.5 Å². The summed E-state index contributed by atoms with van der Waals surface area (Å²) in [6.07, 6.45) is 3.11. The lowest BCUT2D eigenvalue weighted by molar-refractivity contribution is -0.136. The lowest BCUT2D eigenvalue weighted by Crippen LogP contribution is -2.28. The summed E-state index contributed by atoms with van der Waals surface area (Å²) in [5.41, 5.74) is 0.947. The number of hydrogen-bond donors (Lipinski definition) is 1. The minimum absolute atomic E-state index is 0.0207. The Morgan fingerprint density at radius 1 is 1.00 bits per heavy atom. The maximum Gasteiger partial charge on any atom is 0.412 e. The van der Waals surface area contributed by atoms with Crippen molar-refractivity contribution in [3.05, 3.63) is 95.9 Å². The van der Waals surface area contributed by atoms with Crippen molar-refractivity contribution in [2.45, 2.75) is 11.5 Å². The third-order valence-corrected chi connectivity index (χ3v) is 5.82. The van der Waals surface area contributed by atoms with E-state index in [1.165, 1.54) is 36.7 Å². The number of amides is 1. The molecule has 1 heterocycles. The molecule has 0 aliphatic heterocycles. The molecule has 0 saturated carbocycles. The Hall–Kier alpha value is -3.85. The number of carbonyl (C=O) groups excluding carboxylic acids is 2. The smallest absolute Gasteiger partial charge is 0.412 e. The van der Waals surface area contributed by atoms with Crippen molar-refractivity contribution in [3.8, 4) is 0 Å². The summed E-state index contributed by atoms with van der Waals surface area (Å²) in [4.78, 5) is 24.3. The number of rotatable bonds is 7. The van der Waals surface area contributed by atoms with Crippen LogP contribution in [0.3, 0.4) is 0 Å². The van der Waals surface area contributed by atoms with Gasteiger partial charge < -0.3 is 9.47 Å². The molecule has 1 N–H and O–H groups in total. The monoisotopic (exact) mass is 440 g/mol. The molecule has 0 unspecified atom stereocenters. The molecule has 31 heavy (non-hydrogen) atoms. The fourth-order valence-corrected chi connectivity index (χ4v) is 3.86. The second kappa shape index (κ2) is 9.77. The summed E-state index contributed by atoms with van der Waals surface area (Å²) in [7, 11) is -2.62. The Balaban J connectivity index is 1.76. The molecule has 3 aromatic rings. The second-order valence-electron chi connectivity index (χ2n) is 6.33. The average molecular weight is 440 g/mol. The van der Waals surface area contributed by atoms with Crippen molar-refractivity contribution in [1.82, 2.24) is 9.29 Å². The molecular formula is C22H20N2O6S. The van der Waals surface area contributed by atoms with Crippen molar-refractivity contribution in [1.29, 1.82) is 0 Å². The molecule has 0 aliphatic rings. The van der Waals surface area contributed by atoms with E-state index in [9.17, 15) is 18.0 Å². The van der Waals surface area contributed by atoms with Crippen LogP contribution in [0.25, 0.3) is 6.08 Å². The van der Waals surface area contributed by atoms with Crippen LogP contribution in [-0.2, 0) is 30.9 Å². The van der Waals surface area contributed by atoms with E-state index in [0.29, 0.717) is 5.56 Å². The van der Waals surface area contributed by atoms with Crippen molar-refractivity contribution in [2.75, 3.05) is 7.11 Å². The summed E-state index contributed by atoms with van der Waals surface area (Å²) in [5, 5.41) is 2.33. The molecule has 8 nitrogen and oxygen atoms in total. The molecule has 9 heteroatoms. The number of alkyl carbamates (subject to hydrolysis) is 1. The molecule has 1 aromatic heterocycles. The Morgan fingerprint density at radius 2 is 1.65 bits per heavy atom. The number of carbonyl (C=O) groups is 2. The van der Waals surface area contributed by atoms with Crippen LogP contribution < -0.4 is 5.32 Å². The first-order chi connectivity index (χ1) is 14.9. The highest BCUT2D eigenvalue weighted by Gasteiger charge is 2.18. The molecule has 0 radical (unpaired) electrons. The standard InChI is InChI=1S/C22H20N2O6S/c1-29-21(25)20(23-22(26)30-16-17-8-4-2-5-9-17)14-18-12-13-24(15-18)31(27,28)19-10-6-3-7-11-19/h2-15H,16H2,1H3,(H,23,26)/b20-14+. The summed E-state index contributed by atoms with van der Waals surface area (Å²) < 4.78 is 36.2. The van der Waals surface area contributed by atoms with E-state index in [4.69, 9.17) is 4.74 Å². The first-order valence-corrected chi connectivity index (χ1v) is 10.6. The van der Waals surface area contributed by atoms with E-state index >= 15 is 0 Å². The van der Waals surface area contributed by atoms with E-state index in [0.717, 1.165) is 16.6 Å². The normalized spacial score (nSPS) is 11.6. The number of hydrogen-bond acceptors (Lipinski definition) is 6. The van der Waals surface area contributed by atoms with Gasteiger partial charge in [0.25, 0.3) is 10.0 Å². The molecule has 0 spiro atoms. The molecule has 2 aromatic carbocycles. The van der Waals surface area contributed by atoms with Gasteiger partial charge in [-0.05, 0) is 35.4 Å². The van der Waals surface area contributed by atoms with Gasteiger partial charge in [-0.15, -0.1) is 0 Å². The predicted molar refractivity (Wildman–Crippen MR) is 113 cm³/mol. The lowest BCUT2D eigenvalue weighted by Gasteiger charge is -2.09. The van der Waals surface area contributed by atoms with Gasteiger partial charge in [0.2, 0.25) is 0 Å².